The molecule has 0 atom stereocenters. The molecule has 0 aliphatic heterocycles. The Hall–Kier alpha value is -2.09. The topological polar surface area (TPSA) is 79.0 Å². The summed E-state index contributed by atoms with van der Waals surface area (Å²) in [5.41, 5.74) is 0.0584. The van der Waals surface area contributed by atoms with Gasteiger partial charge in [-0.05, 0) is 32.4 Å². The third-order valence-electron chi connectivity index (χ3n) is 2.70. The van der Waals surface area contributed by atoms with E-state index in [1.807, 2.05) is 26.8 Å². The summed E-state index contributed by atoms with van der Waals surface area (Å²) in [5, 5.41) is 23.0. The first-order chi connectivity index (χ1) is 7.91. The van der Waals surface area contributed by atoms with E-state index in [9.17, 15) is 10.1 Å². The Morgan fingerprint density at radius 1 is 1.53 bits per heavy atom. The van der Waals surface area contributed by atoms with Crippen molar-refractivity contribution in [3.05, 3.63) is 33.9 Å². The molecule has 5 nitrogen and oxygen atoms in total. The summed E-state index contributed by atoms with van der Waals surface area (Å²) >= 11 is 0. The van der Waals surface area contributed by atoms with Gasteiger partial charge in [0.2, 0.25) is 0 Å². The van der Waals surface area contributed by atoms with E-state index in [0.29, 0.717) is 5.69 Å². The van der Waals surface area contributed by atoms with Gasteiger partial charge in [-0.15, -0.1) is 0 Å². The van der Waals surface area contributed by atoms with Crippen LogP contribution in [0, 0.1) is 21.4 Å². The molecule has 5 heteroatoms. The highest BCUT2D eigenvalue weighted by atomic mass is 16.6. The quantitative estimate of drug-likeness (QED) is 0.640. The number of nitriles is 1. The fourth-order valence-electron chi connectivity index (χ4n) is 1.38. The second kappa shape index (κ2) is 4.83. The van der Waals surface area contributed by atoms with Crippen LogP contribution in [0.15, 0.2) is 18.2 Å². The number of nitro benzene ring substituents is 1. The second-order valence-corrected chi connectivity index (χ2v) is 4.43. The molecular weight excluding hydrogens is 218 g/mol. The highest BCUT2D eigenvalue weighted by Crippen LogP contribution is 2.30. The minimum atomic E-state index is -0.521. The predicted octanol–water partition coefficient (Wildman–Crippen LogP) is 3.07. The van der Waals surface area contributed by atoms with Gasteiger partial charge in [0.05, 0.1) is 4.92 Å². The molecule has 0 radical (unpaired) electrons. The maximum absolute atomic E-state index is 11.0. The van der Waals surface area contributed by atoms with E-state index in [1.165, 1.54) is 6.07 Å². The van der Waals surface area contributed by atoms with Crippen molar-refractivity contribution in [1.29, 1.82) is 5.26 Å². The van der Waals surface area contributed by atoms with Crippen LogP contribution >= 0.6 is 0 Å². The molecule has 0 bridgehead atoms. The summed E-state index contributed by atoms with van der Waals surface area (Å²) in [4.78, 5) is 10.5. The molecule has 0 unspecified atom stereocenters. The minimum absolute atomic E-state index is 0.0758. The number of hydrogen-bond acceptors (Lipinski definition) is 4. The van der Waals surface area contributed by atoms with E-state index in [4.69, 9.17) is 5.26 Å². The summed E-state index contributed by atoms with van der Waals surface area (Å²) in [6.45, 7) is 5.90. The third-order valence-corrected chi connectivity index (χ3v) is 2.70. The first-order valence-corrected chi connectivity index (χ1v) is 5.37. The molecule has 1 rings (SSSR count). The molecule has 0 aromatic heterocycles. The van der Waals surface area contributed by atoms with Crippen molar-refractivity contribution < 1.29 is 4.92 Å². The number of nitrogens with one attached hydrogen (secondary N) is 1. The van der Waals surface area contributed by atoms with Gasteiger partial charge < -0.3 is 5.32 Å². The van der Waals surface area contributed by atoms with Crippen molar-refractivity contribution in [2.45, 2.75) is 32.7 Å². The molecule has 17 heavy (non-hydrogen) atoms. The van der Waals surface area contributed by atoms with E-state index in [1.54, 1.807) is 12.1 Å². The van der Waals surface area contributed by atoms with Crippen LogP contribution < -0.4 is 5.32 Å². The van der Waals surface area contributed by atoms with Crippen LogP contribution in [0.4, 0.5) is 11.4 Å². The number of anilines is 1. The zero-order valence-electron chi connectivity index (χ0n) is 10.2. The molecule has 1 aromatic rings. The van der Waals surface area contributed by atoms with Gasteiger partial charge in [-0.2, -0.15) is 5.26 Å². The summed E-state index contributed by atoms with van der Waals surface area (Å²) in [6, 6.07) is 6.55. The first-order valence-electron chi connectivity index (χ1n) is 5.37. The van der Waals surface area contributed by atoms with Gasteiger partial charge in [0, 0.05) is 5.54 Å². The van der Waals surface area contributed by atoms with Crippen LogP contribution in [0.3, 0.4) is 0 Å². The van der Waals surface area contributed by atoms with Crippen LogP contribution in [0.25, 0.3) is 0 Å². The van der Waals surface area contributed by atoms with Crippen molar-refractivity contribution >= 4 is 11.4 Å². The second-order valence-electron chi connectivity index (χ2n) is 4.43. The van der Waals surface area contributed by atoms with E-state index in [2.05, 4.69) is 5.32 Å². The van der Waals surface area contributed by atoms with Crippen molar-refractivity contribution in [1.82, 2.24) is 0 Å². The number of benzene rings is 1. The van der Waals surface area contributed by atoms with Crippen molar-refractivity contribution in [3.8, 4) is 6.07 Å². The fraction of sp³-hybridized carbons (Fsp3) is 0.417. The Morgan fingerprint density at radius 3 is 2.65 bits per heavy atom. The third kappa shape index (κ3) is 2.94. The lowest BCUT2D eigenvalue weighted by atomic mass is 10.0. The average molecular weight is 233 g/mol. The van der Waals surface area contributed by atoms with Crippen LogP contribution in [0.1, 0.15) is 32.8 Å². The van der Waals surface area contributed by atoms with E-state index in [0.717, 1.165) is 6.42 Å². The Morgan fingerprint density at radius 2 is 2.18 bits per heavy atom. The van der Waals surface area contributed by atoms with Gasteiger partial charge in [0.15, 0.2) is 0 Å². The Kier molecular flexibility index (Phi) is 3.69. The monoisotopic (exact) mass is 233 g/mol. The molecule has 0 heterocycles. The summed E-state index contributed by atoms with van der Waals surface area (Å²) in [6.07, 6.45) is 0.820. The lowest BCUT2D eigenvalue weighted by molar-refractivity contribution is -0.384. The Labute approximate surface area is 100 Å². The molecule has 0 spiro atoms. The van der Waals surface area contributed by atoms with Crippen molar-refractivity contribution in [2.24, 2.45) is 0 Å². The molecule has 0 amide bonds. The van der Waals surface area contributed by atoms with Crippen LogP contribution in [0.2, 0.25) is 0 Å². The van der Waals surface area contributed by atoms with Crippen LogP contribution in [-0.2, 0) is 0 Å². The summed E-state index contributed by atoms with van der Waals surface area (Å²) in [5.74, 6) is 0. The normalized spacial score (nSPS) is 10.7. The van der Waals surface area contributed by atoms with Gasteiger partial charge in [0.1, 0.15) is 17.3 Å². The van der Waals surface area contributed by atoms with Crippen molar-refractivity contribution in [2.75, 3.05) is 5.32 Å². The summed E-state index contributed by atoms with van der Waals surface area (Å²) < 4.78 is 0. The maximum Gasteiger partial charge on any atom is 0.309 e. The largest absolute Gasteiger partial charge is 0.375 e. The van der Waals surface area contributed by atoms with Gasteiger partial charge in [-0.25, -0.2) is 0 Å². The molecule has 0 fully saturated rings. The maximum atomic E-state index is 11.0. The summed E-state index contributed by atoms with van der Waals surface area (Å²) in [7, 11) is 0. The number of para-hydroxylation sites is 1. The first kappa shape index (κ1) is 13.0. The Bertz CT molecular complexity index is 475. The molecular formula is C12H15N3O2. The fourth-order valence-corrected chi connectivity index (χ4v) is 1.38. The zero-order valence-corrected chi connectivity index (χ0v) is 10.2. The number of rotatable bonds is 4. The highest BCUT2D eigenvalue weighted by Gasteiger charge is 2.23. The van der Waals surface area contributed by atoms with Gasteiger partial charge in [-0.3, -0.25) is 10.1 Å². The number of hydrogen-bond donors (Lipinski definition) is 1. The number of nitrogens with zero attached hydrogens (tertiary/aromatic N) is 2. The molecule has 0 saturated heterocycles. The predicted molar refractivity (Wildman–Crippen MR) is 65.8 cm³/mol. The number of nitro groups is 1. The highest BCUT2D eigenvalue weighted by molar-refractivity contribution is 5.69. The lowest BCUT2D eigenvalue weighted by Crippen LogP contribution is -2.30. The van der Waals surface area contributed by atoms with Gasteiger partial charge in [-0.1, -0.05) is 13.0 Å². The van der Waals surface area contributed by atoms with Crippen molar-refractivity contribution in [3.63, 3.8) is 0 Å². The van der Waals surface area contributed by atoms with E-state index < -0.39 is 4.92 Å². The van der Waals surface area contributed by atoms with E-state index in [-0.39, 0.29) is 16.8 Å². The standard InChI is InChI=1S/C12H15N3O2/c1-4-12(2,3)14-10-7-5-6-9(8-13)11(10)15(16)17/h5-7,14H,4H2,1-3H3. The molecule has 0 aliphatic rings. The zero-order chi connectivity index (χ0) is 13.1. The molecule has 0 aliphatic carbocycles. The molecule has 1 N–H and O–H groups in total. The lowest BCUT2D eigenvalue weighted by Gasteiger charge is -2.25. The van der Waals surface area contributed by atoms with E-state index >= 15 is 0 Å². The smallest absolute Gasteiger partial charge is 0.309 e. The van der Waals surface area contributed by atoms with Crippen LogP contribution in [-0.4, -0.2) is 10.5 Å². The molecule has 1 aromatic carbocycles. The van der Waals surface area contributed by atoms with Crippen LogP contribution in [0.5, 0.6) is 0 Å². The molecule has 90 valence electrons. The SMILES string of the molecule is CCC(C)(C)Nc1cccc(C#N)c1[N+](=O)[O-]. The van der Waals surface area contributed by atoms with Gasteiger partial charge >= 0.3 is 5.69 Å². The van der Waals surface area contributed by atoms with Gasteiger partial charge in [0.25, 0.3) is 0 Å². The molecule has 0 saturated carbocycles. The minimum Gasteiger partial charge on any atom is -0.375 e. The average Bonchev–Trinajstić information content (AvgIpc) is 2.27. The Balaban J connectivity index is 3.26.